The highest BCUT2D eigenvalue weighted by Gasteiger charge is 2.12. The van der Waals surface area contributed by atoms with Crippen LogP contribution in [0.4, 0.5) is 8.78 Å². The number of nitrogens with one attached hydrogen (secondary N) is 1. The largest absolute Gasteiger partial charge is 0.395 e. The molecule has 0 aromatic rings. The molecule has 16 heavy (non-hydrogen) atoms. The summed E-state index contributed by atoms with van der Waals surface area (Å²) in [6.07, 6.45) is -2.38. The maximum Gasteiger partial charge on any atom is 0.251 e. The van der Waals surface area contributed by atoms with Crippen molar-refractivity contribution in [3.63, 3.8) is 0 Å². The lowest BCUT2D eigenvalue weighted by molar-refractivity contribution is 0.0829. The first-order valence-corrected chi connectivity index (χ1v) is 5.47. The molecule has 0 saturated carbocycles. The quantitative estimate of drug-likeness (QED) is 0.588. The molecular formula is C11H22F2N2O. The molecular weight excluding hydrogens is 214 g/mol. The fourth-order valence-electron chi connectivity index (χ4n) is 1.29. The Morgan fingerprint density at radius 1 is 1.44 bits per heavy atom. The molecule has 0 heterocycles. The number of nitrogens with zero attached hydrogens (tertiary/aromatic N) is 1. The van der Waals surface area contributed by atoms with Gasteiger partial charge in [0.05, 0.1) is 13.2 Å². The summed E-state index contributed by atoms with van der Waals surface area (Å²) < 4.78 is 24.4. The molecule has 3 nitrogen and oxygen atoms in total. The van der Waals surface area contributed by atoms with E-state index in [0.717, 1.165) is 5.57 Å². The molecule has 0 fully saturated rings. The van der Waals surface area contributed by atoms with Gasteiger partial charge in [0.2, 0.25) is 0 Å². The summed E-state index contributed by atoms with van der Waals surface area (Å²) in [5.41, 5.74) is 0.850. The molecule has 0 aromatic carbocycles. The molecule has 5 heteroatoms. The molecule has 0 unspecified atom stereocenters. The van der Waals surface area contributed by atoms with Gasteiger partial charge in [0.1, 0.15) is 0 Å². The van der Waals surface area contributed by atoms with Gasteiger partial charge in [-0.2, -0.15) is 0 Å². The second-order valence-corrected chi connectivity index (χ2v) is 4.14. The van der Waals surface area contributed by atoms with Crippen LogP contribution in [0, 0.1) is 0 Å². The standard InChI is InChI=1S/C11H22F2N2O/c1-9(2)14-6-10(3)7-15(4-5-16)8-11(12)13/h9,11,14,16H,3-8H2,1-2H3. The van der Waals surface area contributed by atoms with Crippen molar-refractivity contribution in [2.45, 2.75) is 26.3 Å². The van der Waals surface area contributed by atoms with Gasteiger partial charge in [0.15, 0.2) is 0 Å². The van der Waals surface area contributed by atoms with Crippen LogP contribution < -0.4 is 5.32 Å². The van der Waals surface area contributed by atoms with Crippen LogP contribution in [0.1, 0.15) is 13.8 Å². The fraction of sp³-hybridized carbons (Fsp3) is 0.818. The van der Waals surface area contributed by atoms with Gasteiger partial charge >= 0.3 is 0 Å². The minimum absolute atomic E-state index is 0.113. The predicted octanol–water partition coefficient (Wildman–Crippen LogP) is 1.10. The van der Waals surface area contributed by atoms with E-state index in [0.29, 0.717) is 19.1 Å². The van der Waals surface area contributed by atoms with E-state index < -0.39 is 6.43 Å². The summed E-state index contributed by atoms with van der Waals surface area (Å²) in [5.74, 6) is 0. The van der Waals surface area contributed by atoms with E-state index in [1.54, 1.807) is 0 Å². The Labute approximate surface area is 96.1 Å². The number of halogens is 2. The molecule has 0 saturated heterocycles. The second-order valence-electron chi connectivity index (χ2n) is 4.14. The van der Waals surface area contributed by atoms with Crippen LogP contribution in [0.2, 0.25) is 0 Å². The smallest absolute Gasteiger partial charge is 0.251 e. The van der Waals surface area contributed by atoms with E-state index in [1.807, 2.05) is 13.8 Å². The van der Waals surface area contributed by atoms with Gasteiger partial charge in [-0.05, 0) is 5.57 Å². The maximum absolute atomic E-state index is 12.2. The van der Waals surface area contributed by atoms with Gasteiger partial charge < -0.3 is 10.4 Å². The molecule has 0 bridgehead atoms. The minimum Gasteiger partial charge on any atom is -0.395 e. The molecule has 0 aliphatic heterocycles. The summed E-state index contributed by atoms with van der Waals surface area (Å²) in [7, 11) is 0. The van der Waals surface area contributed by atoms with Crippen molar-refractivity contribution in [3.8, 4) is 0 Å². The average Bonchev–Trinajstić information content (AvgIpc) is 2.14. The van der Waals surface area contributed by atoms with E-state index in [2.05, 4.69) is 11.9 Å². The molecule has 0 radical (unpaired) electrons. The highest BCUT2D eigenvalue weighted by atomic mass is 19.3. The third-order valence-corrected chi connectivity index (χ3v) is 2.02. The van der Waals surface area contributed by atoms with Gasteiger partial charge in [-0.25, -0.2) is 8.78 Å². The van der Waals surface area contributed by atoms with Crippen molar-refractivity contribution < 1.29 is 13.9 Å². The Bertz CT molecular complexity index is 198. The summed E-state index contributed by atoms with van der Waals surface area (Å²) in [6.45, 7) is 8.68. The van der Waals surface area contributed by atoms with E-state index >= 15 is 0 Å². The number of rotatable bonds is 9. The first-order chi connectivity index (χ1) is 7.45. The van der Waals surface area contributed by atoms with Crippen LogP contribution in [0.15, 0.2) is 12.2 Å². The topological polar surface area (TPSA) is 35.5 Å². The highest BCUT2D eigenvalue weighted by molar-refractivity contribution is 5.00. The molecule has 2 N–H and O–H groups in total. The Morgan fingerprint density at radius 3 is 2.50 bits per heavy atom. The van der Waals surface area contributed by atoms with Gasteiger partial charge in [0, 0.05) is 25.7 Å². The number of hydrogen-bond acceptors (Lipinski definition) is 3. The van der Waals surface area contributed by atoms with E-state index in [1.165, 1.54) is 4.90 Å². The lowest BCUT2D eigenvalue weighted by Gasteiger charge is -2.22. The van der Waals surface area contributed by atoms with Crippen LogP contribution in [0.25, 0.3) is 0 Å². The van der Waals surface area contributed by atoms with Crippen molar-refractivity contribution in [3.05, 3.63) is 12.2 Å². The first kappa shape index (κ1) is 15.5. The molecule has 0 atom stereocenters. The zero-order chi connectivity index (χ0) is 12.6. The van der Waals surface area contributed by atoms with Crippen molar-refractivity contribution in [1.82, 2.24) is 10.2 Å². The first-order valence-electron chi connectivity index (χ1n) is 5.47. The van der Waals surface area contributed by atoms with Crippen LogP contribution >= 0.6 is 0 Å². The fourth-order valence-corrected chi connectivity index (χ4v) is 1.29. The summed E-state index contributed by atoms with van der Waals surface area (Å²) in [5, 5.41) is 11.9. The van der Waals surface area contributed by atoms with E-state index in [4.69, 9.17) is 5.11 Å². The lowest BCUT2D eigenvalue weighted by Crippen LogP contribution is -2.35. The lowest BCUT2D eigenvalue weighted by atomic mass is 10.2. The summed E-state index contributed by atoms with van der Waals surface area (Å²) in [6, 6.07) is 0.346. The summed E-state index contributed by atoms with van der Waals surface area (Å²) in [4.78, 5) is 1.51. The number of aliphatic hydroxyl groups is 1. The Hall–Kier alpha value is -0.520. The molecule has 96 valence electrons. The molecule has 0 aliphatic rings. The molecule has 0 aliphatic carbocycles. The van der Waals surface area contributed by atoms with Crippen molar-refractivity contribution in [2.24, 2.45) is 0 Å². The zero-order valence-electron chi connectivity index (χ0n) is 10.0. The van der Waals surface area contributed by atoms with Crippen molar-refractivity contribution in [2.75, 3.05) is 32.8 Å². The van der Waals surface area contributed by atoms with Crippen LogP contribution in [0.3, 0.4) is 0 Å². The van der Waals surface area contributed by atoms with E-state index in [-0.39, 0.29) is 19.7 Å². The highest BCUT2D eigenvalue weighted by Crippen LogP contribution is 2.01. The monoisotopic (exact) mass is 236 g/mol. The zero-order valence-corrected chi connectivity index (χ0v) is 10.0. The minimum atomic E-state index is -2.38. The van der Waals surface area contributed by atoms with Crippen LogP contribution in [0.5, 0.6) is 0 Å². The Balaban J connectivity index is 3.92. The second kappa shape index (κ2) is 8.61. The predicted molar refractivity (Wildman–Crippen MR) is 61.8 cm³/mol. The number of alkyl halides is 2. The third kappa shape index (κ3) is 8.76. The SMILES string of the molecule is C=C(CNC(C)C)CN(CCO)CC(F)F. The summed E-state index contributed by atoms with van der Waals surface area (Å²) >= 11 is 0. The molecule has 0 spiro atoms. The number of aliphatic hydroxyl groups excluding tert-OH is 1. The van der Waals surface area contributed by atoms with Gasteiger partial charge in [0.25, 0.3) is 6.43 Å². The van der Waals surface area contributed by atoms with Crippen LogP contribution in [-0.4, -0.2) is 55.3 Å². The van der Waals surface area contributed by atoms with Crippen LogP contribution in [-0.2, 0) is 0 Å². The van der Waals surface area contributed by atoms with Crippen molar-refractivity contribution >= 4 is 0 Å². The molecule has 0 aromatic heterocycles. The Kier molecular flexibility index (Phi) is 8.33. The van der Waals surface area contributed by atoms with Gasteiger partial charge in [-0.1, -0.05) is 20.4 Å². The average molecular weight is 236 g/mol. The third-order valence-electron chi connectivity index (χ3n) is 2.02. The van der Waals surface area contributed by atoms with Gasteiger partial charge in [-0.3, -0.25) is 4.90 Å². The molecule has 0 amide bonds. The van der Waals surface area contributed by atoms with Gasteiger partial charge in [-0.15, -0.1) is 0 Å². The van der Waals surface area contributed by atoms with Crippen molar-refractivity contribution in [1.29, 1.82) is 0 Å². The molecule has 0 rings (SSSR count). The number of hydrogen-bond donors (Lipinski definition) is 2. The normalized spacial score (nSPS) is 11.8. The van der Waals surface area contributed by atoms with E-state index in [9.17, 15) is 8.78 Å². The Morgan fingerprint density at radius 2 is 2.06 bits per heavy atom. The maximum atomic E-state index is 12.2.